The summed E-state index contributed by atoms with van der Waals surface area (Å²) in [5.74, 6) is 0. The molecule has 18 heavy (non-hydrogen) atoms. The van der Waals surface area contributed by atoms with Gasteiger partial charge in [0.1, 0.15) is 0 Å². The number of aliphatic hydroxyl groups excluding tert-OH is 1. The zero-order valence-electron chi connectivity index (χ0n) is 10.4. The van der Waals surface area contributed by atoms with Crippen molar-refractivity contribution in [2.45, 2.75) is 19.8 Å². The van der Waals surface area contributed by atoms with Gasteiger partial charge in [0.2, 0.25) is 0 Å². The maximum absolute atomic E-state index is 9.30. The predicted molar refractivity (Wildman–Crippen MR) is 75.2 cm³/mol. The molecule has 98 valence electrons. The van der Waals surface area contributed by atoms with Crippen LogP contribution in [0, 0.1) is 0 Å². The second kappa shape index (κ2) is 6.29. The van der Waals surface area contributed by atoms with Crippen molar-refractivity contribution in [3.63, 3.8) is 0 Å². The van der Waals surface area contributed by atoms with Crippen molar-refractivity contribution in [2.24, 2.45) is 0 Å². The van der Waals surface area contributed by atoms with Gasteiger partial charge in [0.25, 0.3) is 0 Å². The Bertz CT molecular complexity index is 482. The van der Waals surface area contributed by atoms with Gasteiger partial charge in [0, 0.05) is 19.0 Å². The highest BCUT2D eigenvalue weighted by Crippen LogP contribution is 2.27. The standard InChI is InChI=1S/C12H16N2O2S2/c1-14(6-9-4-3-5-17-9)12-13-10(8-16-2)11(7-15)18-12/h3-5,15H,6-8H2,1-2H3. The van der Waals surface area contributed by atoms with E-state index in [1.165, 1.54) is 16.2 Å². The van der Waals surface area contributed by atoms with Gasteiger partial charge in [-0.1, -0.05) is 17.4 Å². The zero-order valence-corrected chi connectivity index (χ0v) is 12.1. The number of ether oxygens (including phenoxy) is 1. The molecule has 2 aromatic rings. The van der Waals surface area contributed by atoms with Crippen molar-refractivity contribution < 1.29 is 9.84 Å². The molecular formula is C12H16N2O2S2. The molecule has 0 aliphatic rings. The third kappa shape index (κ3) is 3.08. The molecule has 4 nitrogen and oxygen atoms in total. The normalized spacial score (nSPS) is 10.8. The van der Waals surface area contributed by atoms with Gasteiger partial charge >= 0.3 is 0 Å². The van der Waals surface area contributed by atoms with E-state index in [1.807, 2.05) is 13.1 Å². The van der Waals surface area contributed by atoms with E-state index < -0.39 is 0 Å². The largest absolute Gasteiger partial charge is 0.391 e. The van der Waals surface area contributed by atoms with Crippen LogP contribution in [0.2, 0.25) is 0 Å². The van der Waals surface area contributed by atoms with Crippen LogP contribution < -0.4 is 4.90 Å². The number of hydrogen-bond donors (Lipinski definition) is 1. The minimum Gasteiger partial charge on any atom is -0.391 e. The first-order chi connectivity index (χ1) is 8.74. The summed E-state index contributed by atoms with van der Waals surface area (Å²) in [4.78, 5) is 8.78. The molecule has 0 atom stereocenters. The van der Waals surface area contributed by atoms with E-state index in [2.05, 4.69) is 21.3 Å². The molecule has 1 N–H and O–H groups in total. The minimum absolute atomic E-state index is 0.0171. The number of aromatic nitrogens is 1. The number of hydrogen-bond acceptors (Lipinski definition) is 6. The summed E-state index contributed by atoms with van der Waals surface area (Å²) >= 11 is 3.25. The Balaban J connectivity index is 2.12. The van der Waals surface area contributed by atoms with Crippen molar-refractivity contribution in [3.05, 3.63) is 33.0 Å². The van der Waals surface area contributed by atoms with E-state index >= 15 is 0 Å². The van der Waals surface area contributed by atoms with Crippen molar-refractivity contribution in [1.29, 1.82) is 0 Å². The van der Waals surface area contributed by atoms with Crippen molar-refractivity contribution in [1.82, 2.24) is 4.98 Å². The summed E-state index contributed by atoms with van der Waals surface area (Å²) in [5, 5.41) is 12.3. The van der Waals surface area contributed by atoms with E-state index in [9.17, 15) is 5.11 Å². The summed E-state index contributed by atoms with van der Waals surface area (Å²) in [6.07, 6.45) is 0. The molecule has 0 amide bonds. The number of anilines is 1. The van der Waals surface area contributed by atoms with Crippen LogP contribution in [0.3, 0.4) is 0 Å². The predicted octanol–water partition coefficient (Wildman–Crippen LogP) is 2.48. The summed E-state index contributed by atoms with van der Waals surface area (Å²) in [6, 6.07) is 4.16. The highest BCUT2D eigenvalue weighted by Gasteiger charge is 2.13. The Kier molecular flexibility index (Phi) is 4.71. The van der Waals surface area contributed by atoms with Gasteiger partial charge in [-0.3, -0.25) is 0 Å². The lowest BCUT2D eigenvalue weighted by Gasteiger charge is -2.14. The molecule has 0 aromatic carbocycles. The summed E-state index contributed by atoms with van der Waals surface area (Å²) in [6.45, 7) is 1.30. The van der Waals surface area contributed by atoms with Crippen LogP contribution in [0.25, 0.3) is 0 Å². The second-order valence-corrected chi connectivity index (χ2v) is 5.99. The molecule has 0 saturated carbocycles. The lowest BCUT2D eigenvalue weighted by atomic mass is 10.4. The van der Waals surface area contributed by atoms with E-state index in [-0.39, 0.29) is 6.61 Å². The Morgan fingerprint density at radius 1 is 1.50 bits per heavy atom. The molecular weight excluding hydrogens is 268 g/mol. The van der Waals surface area contributed by atoms with E-state index in [0.29, 0.717) is 6.61 Å². The summed E-state index contributed by atoms with van der Waals surface area (Å²) < 4.78 is 5.09. The molecule has 6 heteroatoms. The van der Waals surface area contributed by atoms with Gasteiger partial charge in [-0.15, -0.1) is 11.3 Å². The number of methoxy groups -OCH3 is 1. The lowest BCUT2D eigenvalue weighted by Crippen LogP contribution is -2.15. The fraction of sp³-hybridized carbons (Fsp3) is 0.417. The van der Waals surface area contributed by atoms with Crippen LogP contribution in [0.4, 0.5) is 5.13 Å². The van der Waals surface area contributed by atoms with E-state index in [1.54, 1.807) is 18.4 Å². The molecule has 0 unspecified atom stereocenters. The highest BCUT2D eigenvalue weighted by molar-refractivity contribution is 7.15. The average molecular weight is 284 g/mol. The minimum atomic E-state index is 0.0171. The third-order valence-electron chi connectivity index (χ3n) is 2.49. The van der Waals surface area contributed by atoms with Crippen LogP contribution in [0.15, 0.2) is 17.5 Å². The van der Waals surface area contributed by atoms with Gasteiger partial charge in [0.15, 0.2) is 5.13 Å². The zero-order chi connectivity index (χ0) is 13.0. The number of aliphatic hydroxyl groups is 1. The smallest absolute Gasteiger partial charge is 0.186 e. The van der Waals surface area contributed by atoms with Crippen LogP contribution in [-0.2, 0) is 24.5 Å². The molecule has 0 aliphatic carbocycles. The van der Waals surface area contributed by atoms with Crippen LogP contribution in [-0.4, -0.2) is 24.2 Å². The van der Waals surface area contributed by atoms with Crippen LogP contribution in [0.1, 0.15) is 15.4 Å². The molecule has 0 aliphatic heterocycles. The maximum atomic E-state index is 9.30. The molecule has 2 heterocycles. The van der Waals surface area contributed by atoms with Gasteiger partial charge in [-0.2, -0.15) is 0 Å². The Morgan fingerprint density at radius 3 is 2.94 bits per heavy atom. The Morgan fingerprint density at radius 2 is 2.33 bits per heavy atom. The molecule has 0 fully saturated rings. The molecule has 2 aromatic heterocycles. The lowest BCUT2D eigenvalue weighted by molar-refractivity contribution is 0.179. The summed E-state index contributed by atoms with van der Waals surface area (Å²) in [7, 11) is 3.64. The molecule has 0 saturated heterocycles. The van der Waals surface area contributed by atoms with Crippen LogP contribution in [0.5, 0.6) is 0 Å². The van der Waals surface area contributed by atoms with Gasteiger partial charge in [0.05, 0.1) is 30.3 Å². The molecule has 0 radical (unpaired) electrons. The molecule has 0 spiro atoms. The quantitative estimate of drug-likeness (QED) is 0.885. The SMILES string of the molecule is COCc1nc(N(C)Cc2cccs2)sc1CO. The number of thiazole rings is 1. The Hall–Kier alpha value is -0.950. The van der Waals surface area contributed by atoms with Crippen molar-refractivity contribution in [2.75, 3.05) is 19.1 Å². The first-order valence-electron chi connectivity index (χ1n) is 5.56. The van der Waals surface area contributed by atoms with Crippen molar-refractivity contribution >= 4 is 27.8 Å². The summed E-state index contributed by atoms with van der Waals surface area (Å²) in [5.41, 5.74) is 0.832. The molecule has 0 bridgehead atoms. The number of rotatable bonds is 6. The molecule has 2 rings (SSSR count). The average Bonchev–Trinajstić information content (AvgIpc) is 2.98. The number of thiophene rings is 1. The first kappa shape index (κ1) is 13.5. The van der Waals surface area contributed by atoms with E-state index in [0.717, 1.165) is 22.2 Å². The first-order valence-corrected chi connectivity index (χ1v) is 7.26. The highest BCUT2D eigenvalue weighted by atomic mass is 32.1. The van der Waals surface area contributed by atoms with Gasteiger partial charge in [-0.05, 0) is 11.4 Å². The van der Waals surface area contributed by atoms with Gasteiger partial charge < -0.3 is 14.7 Å². The monoisotopic (exact) mass is 284 g/mol. The Labute approximate surface area is 114 Å². The van der Waals surface area contributed by atoms with E-state index in [4.69, 9.17) is 4.74 Å². The van der Waals surface area contributed by atoms with Crippen LogP contribution >= 0.6 is 22.7 Å². The third-order valence-corrected chi connectivity index (χ3v) is 4.55. The maximum Gasteiger partial charge on any atom is 0.186 e. The fourth-order valence-electron chi connectivity index (χ4n) is 1.61. The van der Waals surface area contributed by atoms with Crippen molar-refractivity contribution in [3.8, 4) is 0 Å². The fourth-order valence-corrected chi connectivity index (χ4v) is 3.25. The topological polar surface area (TPSA) is 45.6 Å². The number of nitrogens with zero attached hydrogens (tertiary/aromatic N) is 2. The second-order valence-electron chi connectivity index (χ2n) is 3.89. The van der Waals surface area contributed by atoms with Gasteiger partial charge in [-0.25, -0.2) is 4.98 Å².